The second kappa shape index (κ2) is 5.25. The predicted molar refractivity (Wildman–Crippen MR) is 79.2 cm³/mol. The molecule has 104 valence electrons. The monoisotopic (exact) mass is 280 g/mol. The van der Waals surface area contributed by atoms with Gasteiger partial charge in [0, 0.05) is 18.2 Å². The molecule has 0 saturated carbocycles. The summed E-state index contributed by atoms with van der Waals surface area (Å²) in [6.07, 6.45) is 1.71. The minimum Gasteiger partial charge on any atom is -0.459 e. The summed E-state index contributed by atoms with van der Waals surface area (Å²) in [6, 6.07) is 16.6. The van der Waals surface area contributed by atoms with Gasteiger partial charge in [0.15, 0.2) is 11.9 Å². The van der Waals surface area contributed by atoms with Crippen molar-refractivity contribution in [2.75, 3.05) is 0 Å². The molecule has 0 saturated heterocycles. The van der Waals surface area contributed by atoms with Crippen LogP contribution in [0.4, 0.5) is 0 Å². The minimum atomic E-state index is -0.0442. The molecule has 1 heterocycles. The Kier molecular flexibility index (Phi) is 3.28. The Labute approximate surface area is 122 Å². The molecule has 2 N–H and O–H groups in total. The van der Waals surface area contributed by atoms with Gasteiger partial charge in [0.2, 0.25) is 11.2 Å². The number of hydrogen-bond donors (Lipinski definition) is 2. The lowest BCUT2D eigenvalue weighted by atomic mass is 10.2. The number of rotatable bonds is 3. The van der Waals surface area contributed by atoms with Crippen LogP contribution in [0.2, 0.25) is 0 Å². The van der Waals surface area contributed by atoms with Crippen LogP contribution in [-0.2, 0) is 6.54 Å². The standard InChI is InChI=1S/C17H14N2O2/c1-2-12-18-15-11-7-6-10-14(15)16(20)19(17(18)21)13-8-4-3-5-9-13/h2-11H,1,12H2/p+2. The van der Waals surface area contributed by atoms with Gasteiger partial charge in [-0.15, -0.1) is 0 Å². The Morgan fingerprint density at radius 2 is 1.62 bits per heavy atom. The van der Waals surface area contributed by atoms with E-state index in [1.165, 1.54) is 4.57 Å². The largest absolute Gasteiger partial charge is 0.638 e. The number of benzene rings is 2. The summed E-state index contributed by atoms with van der Waals surface area (Å²) in [4.78, 5) is 0. The van der Waals surface area contributed by atoms with Crippen LogP contribution in [0.1, 0.15) is 0 Å². The Bertz CT molecular complexity index is 814. The molecule has 2 aromatic carbocycles. The number of fused-ring (bicyclic) bond motifs is 1. The van der Waals surface area contributed by atoms with Crippen LogP contribution < -0.4 is 9.13 Å². The first-order valence-electron chi connectivity index (χ1n) is 6.69. The first-order valence-corrected chi connectivity index (χ1v) is 6.69. The van der Waals surface area contributed by atoms with Gasteiger partial charge in [0.05, 0.1) is 0 Å². The molecule has 0 aliphatic rings. The third kappa shape index (κ3) is 2.10. The van der Waals surface area contributed by atoms with Crippen LogP contribution in [-0.4, -0.2) is 10.2 Å². The first kappa shape index (κ1) is 13.1. The molecule has 3 aromatic rings. The van der Waals surface area contributed by atoms with Crippen molar-refractivity contribution < 1.29 is 19.3 Å². The molecular weight excluding hydrogens is 264 g/mol. The van der Waals surface area contributed by atoms with E-state index in [1.54, 1.807) is 10.6 Å². The van der Waals surface area contributed by atoms with E-state index in [1.807, 2.05) is 54.6 Å². The summed E-state index contributed by atoms with van der Waals surface area (Å²) >= 11 is 0. The molecule has 4 heteroatoms. The van der Waals surface area contributed by atoms with Crippen molar-refractivity contribution in [3.63, 3.8) is 0 Å². The van der Waals surface area contributed by atoms with Crippen LogP contribution in [0.25, 0.3) is 16.6 Å². The summed E-state index contributed by atoms with van der Waals surface area (Å²) < 4.78 is 3.13. The Morgan fingerprint density at radius 1 is 0.952 bits per heavy atom. The van der Waals surface area contributed by atoms with Crippen molar-refractivity contribution in [1.29, 1.82) is 0 Å². The van der Waals surface area contributed by atoms with Gasteiger partial charge in [-0.2, -0.15) is 0 Å². The SMILES string of the molecule is C=CC[n+]1c(O)[n+](-c2ccccc2)c(O)c2ccccc21. The number of hydrogen-bond acceptors (Lipinski definition) is 2. The second-order valence-corrected chi connectivity index (χ2v) is 4.71. The number of allylic oxidation sites excluding steroid dienone is 1. The van der Waals surface area contributed by atoms with Crippen molar-refractivity contribution >= 4 is 10.9 Å². The van der Waals surface area contributed by atoms with Gasteiger partial charge < -0.3 is 10.2 Å². The van der Waals surface area contributed by atoms with Gasteiger partial charge in [-0.3, -0.25) is 0 Å². The van der Waals surface area contributed by atoms with E-state index in [2.05, 4.69) is 6.58 Å². The maximum absolute atomic E-state index is 10.6. The smallest absolute Gasteiger partial charge is 0.459 e. The lowest BCUT2D eigenvalue weighted by molar-refractivity contribution is -0.776. The molecule has 0 radical (unpaired) electrons. The number of aromatic hydroxyl groups is 2. The molecule has 0 fully saturated rings. The van der Waals surface area contributed by atoms with Crippen LogP contribution in [0.15, 0.2) is 67.3 Å². The normalized spacial score (nSPS) is 10.7. The summed E-state index contributed by atoms with van der Waals surface area (Å²) in [7, 11) is 0. The molecule has 1 aromatic heterocycles. The maximum atomic E-state index is 10.6. The zero-order valence-electron chi connectivity index (χ0n) is 11.5. The quantitative estimate of drug-likeness (QED) is 0.569. The molecule has 0 bridgehead atoms. The van der Waals surface area contributed by atoms with Crippen LogP contribution >= 0.6 is 0 Å². The van der Waals surface area contributed by atoms with E-state index in [4.69, 9.17) is 0 Å². The molecular formula is C17H16N2O2+2. The van der Waals surface area contributed by atoms with E-state index in [0.29, 0.717) is 17.6 Å². The predicted octanol–water partition coefficient (Wildman–Crippen LogP) is 2.00. The van der Waals surface area contributed by atoms with Crippen LogP contribution in [0.3, 0.4) is 0 Å². The molecule has 4 nitrogen and oxygen atoms in total. The molecule has 0 amide bonds. The zero-order chi connectivity index (χ0) is 14.8. The second-order valence-electron chi connectivity index (χ2n) is 4.71. The van der Waals surface area contributed by atoms with Crippen molar-refractivity contribution in [3.8, 4) is 17.6 Å². The van der Waals surface area contributed by atoms with Crippen molar-refractivity contribution in [3.05, 3.63) is 67.3 Å². The molecule has 0 aliphatic carbocycles. The summed E-state index contributed by atoms with van der Waals surface area (Å²) in [5.74, 6) is 0.00890. The van der Waals surface area contributed by atoms with E-state index < -0.39 is 0 Å². The minimum absolute atomic E-state index is 0.00890. The topological polar surface area (TPSA) is 48.2 Å². The van der Waals surface area contributed by atoms with Crippen molar-refractivity contribution in [2.45, 2.75) is 6.54 Å². The highest BCUT2D eigenvalue weighted by molar-refractivity contribution is 5.79. The number of nitrogens with zero attached hydrogens (tertiary/aromatic N) is 2. The summed E-state index contributed by atoms with van der Waals surface area (Å²) in [5, 5.41) is 21.8. The summed E-state index contributed by atoms with van der Waals surface area (Å²) in [5.41, 5.74) is 1.44. The third-order valence-corrected chi connectivity index (χ3v) is 3.42. The number of para-hydroxylation sites is 2. The van der Waals surface area contributed by atoms with Crippen molar-refractivity contribution in [2.24, 2.45) is 0 Å². The van der Waals surface area contributed by atoms with Gasteiger partial charge >= 0.3 is 11.9 Å². The highest BCUT2D eigenvalue weighted by atomic mass is 16.3. The average Bonchev–Trinajstić information content (AvgIpc) is 2.53. The van der Waals surface area contributed by atoms with Gasteiger partial charge in [-0.25, -0.2) is 0 Å². The van der Waals surface area contributed by atoms with E-state index >= 15 is 0 Å². The van der Waals surface area contributed by atoms with Crippen LogP contribution in [0, 0.1) is 0 Å². The molecule has 0 spiro atoms. The Balaban J connectivity index is 2.42. The fourth-order valence-corrected chi connectivity index (χ4v) is 2.47. The first-order chi connectivity index (χ1) is 10.2. The molecule has 21 heavy (non-hydrogen) atoms. The lowest BCUT2D eigenvalue weighted by Gasteiger charge is -2.03. The van der Waals surface area contributed by atoms with Crippen molar-refractivity contribution in [1.82, 2.24) is 0 Å². The Hall–Kier alpha value is -2.88. The van der Waals surface area contributed by atoms with Gasteiger partial charge in [-0.1, -0.05) is 41.5 Å². The van der Waals surface area contributed by atoms with Gasteiger partial charge in [0.1, 0.15) is 0 Å². The summed E-state index contributed by atoms with van der Waals surface area (Å²) in [6.45, 7) is 4.17. The van der Waals surface area contributed by atoms with E-state index in [9.17, 15) is 10.2 Å². The number of aromatic nitrogens is 2. The molecule has 0 atom stereocenters. The van der Waals surface area contributed by atoms with Gasteiger partial charge in [0.25, 0.3) is 0 Å². The maximum Gasteiger partial charge on any atom is 0.638 e. The highest BCUT2D eigenvalue weighted by Crippen LogP contribution is 2.22. The van der Waals surface area contributed by atoms with Crippen LogP contribution in [0.5, 0.6) is 11.9 Å². The van der Waals surface area contributed by atoms with E-state index in [-0.39, 0.29) is 11.9 Å². The van der Waals surface area contributed by atoms with E-state index in [0.717, 1.165) is 5.52 Å². The Morgan fingerprint density at radius 3 is 2.33 bits per heavy atom. The zero-order valence-corrected chi connectivity index (χ0v) is 11.5. The molecule has 0 unspecified atom stereocenters. The fourth-order valence-electron chi connectivity index (χ4n) is 2.47. The molecule has 0 aliphatic heterocycles. The third-order valence-electron chi connectivity index (χ3n) is 3.42. The average molecular weight is 280 g/mol. The van der Waals surface area contributed by atoms with Gasteiger partial charge in [-0.05, 0) is 16.7 Å². The highest BCUT2D eigenvalue weighted by Gasteiger charge is 2.34. The molecule has 3 rings (SSSR count). The fraction of sp³-hybridized carbons (Fsp3) is 0.0588. The lowest BCUT2D eigenvalue weighted by Crippen LogP contribution is -2.46.